The molecule has 2 rings (SSSR count). The van der Waals surface area contributed by atoms with Gasteiger partial charge in [0.1, 0.15) is 11.9 Å². The molecule has 1 aliphatic rings. The number of benzene rings is 1. The first kappa shape index (κ1) is 20.7. The molecule has 0 spiro atoms. The number of nitrogens with one attached hydrogen (secondary N) is 2. The highest BCUT2D eigenvalue weighted by Crippen LogP contribution is 2.13. The second kappa shape index (κ2) is 11.3. The smallest absolute Gasteiger partial charge is 0.248 e. The highest BCUT2D eigenvalue weighted by atomic mass is 35.5. The summed E-state index contributed by atoms with van der Waals surface area (Å²) < 4.78 is 10.8. The van der Waals surface area contributed by atoms with Crippen molar-refractivity contribution in [3.8, 4) is 5.75 Å². The maximum atomic E-state index is 12.0. The molecule has 1 atom stereocenters. The van der Waals surface area contributed by atoms with E-state index in [0.717, 1.165) is 44.0 Å². The summed E-state index contributed by atoms with van der Waals surface area (Å²) in [7, 11) is 1.63. The number of amides is 1. The van der Waals surface area contributed by atoms with Gasteiger partial charge in [-0.25, -0.2) is 0 Å². The van der Waals surface area contributed by atoms with Gasteiger partial charge in [0, 0.05) is 39.3 Å². The number of carbonyl (C=O) groups excluding carboxylic acids is 1. The maximum absolute atomic E-state index is 12.0. The summed E-state index contributed by atoms with van der Waals surface area (Å²) in [5, 5.41) is 6.25. The van der Waals surface area contributed by atoms with Gasteiger partial charge in [0.05, 0.1) is 13.7 Å². The number of carbonyl (C=O) groups is 1. The minimum atomic E-state index is -0.468. The number of nitrogens with zero attached hydrogens (tertiary/aromatic N) is 1. The summed E-state index contributed by atoms with van der Waals surface area (Å²) in [6.07, 6.45) is -0.468. The van der Waals surface area contributed by atoms with Crippen molar-refractivity contribution in [3.63, 3.8) is 0 Å². The Bertz CT molecular complexity index is 496. The standard InChI is InChI=1S/C17H27N3O3.ClH/c1-14(23-13-15-4-3-5-16(12-15)22-2)17(21)19-8-11-20-9-6-18-7-10-20;/h3-5,12,14,18H,6-11,13H2,1-2H3,(H,19,21);1H. The van der Waals surface area contributed by atoms with E-state index in [1.807, 2.05) is 24.3 Å². The Morgan fingerprint density at radius 2 is 2.12 bits per heavy atom. The fourth-order valence-corrected chi connectivity index (χ4v) is 2.47. The predicted octanol–water partition coefficient (Wildman–Crippen LogP) is 1.04. The predicted molar refractivity (Wildman–Crippen MR) is 96.8 cm³/mol. The Morgan fingerprint density at radius 3 is 2.83 bits per heavy atom. The Labute approximate surface area is 150 Å². The lowest BCUT2D eigenvalue weighted by Gasteiger charge is -2.27. The van der Waals surface area contributed by atoms with Crippen LogP contribution in [0.1, 0.15) is 12.5 Å². The average Bonchev–Trinajstić information content (AvgIpc) is 2.60. The number of piperazine rings is 1. The van der Waals surface area contributed by atoms with Gasteiger partial charge in [0.25, 0.3) is 0 Å². The van der Waals surface area contributed by atoms with E-state index in [1.54, 1.807) is 14.0 Å². The van der Waals surface area contributed by atoms with Gasteiger partial charge in [-0.05, 0) is 24.6 Å². The van der Waals surface area contributed by atoms with Crippen LogP contribution < -0.4 is 15.4 Å². The number of halogens is 1. The van der Waals surface area contributed by atoms with Crippen LogP contribution >= 0.6 is 12.4 Å². The van der Waals surface area contributed by atoms with E-state index in [-0.39, 0.29) is 18.3 Å². The van der Waals surface area contributed by atoms with Crippen molar-refractivity contribution < 1.29 is 14.3 Å². The average molecular weight is 358 g/mol. The molecule has 1 aromatic rings. The molecule has 24 heavy (non-hydrogen) atoms. The lowest BCUT2D eigenvalue weighted by atomic mass is 10.2. The van der Waals surface area contributed by atoms with Gasteiger partial charge in [-0.15, -0.1) is 12.4 Å². The molecule has 1 heterocycles. The fraction of sp³-hybridized carbons (Fsp3) is 0.588. The van der Waals surface area contributed by atoms with Crippen molar-refractivity contribution in [2.45, 2.75) is 19.6 Å². The van der Waals surface area contributed by atoms with Crippen LogP contribution in [0.3, 0.4) is 0 Å². The zero-order valence-electron chi connectivity index (χ0n) is 14.4. The lowest BCUT2D eigenvalue weighted by Crippen LogP contribution is -2.47. The number of hydrogen-bond acceptors (Lipinski definition) is 5. The molecule has 0 radical (unpaired) electrons. The molecule has 0 bridgehead atoms. The summed E-state index contributed by atoms with van der Waals surface area (Å²) in [6, 6.07) is 7.66. The summed E-state index contributed by atoms with van der Waals surface area (Å²) in [6.45, 7) is 7.84. The van der Waals surface area contributed by atoms with Crippen molar-refractivity contribution in [2.75, 3.05) is 46.4 Å². The van der Waals surface area contributed by atoms with Crippen LogP contribution in [-0.2, 0) is 16.1 Å². The number of hydrogen-bond donors (Lipinski definition) is 2. The van der Waals surface area contributed by atoms with Crippen LogP contribution in [0.2, 0.25) is 0 Å². The largest absolute Gasteiger partial charge is 0.497 e. The van der Waals surface area contributed by atoms with E-state index in [1.165, 1.54) is 0 Å². The molecule has 136 valence electrons. The van der Waals surface area contributed by atoms with E-state index in [2.05, 4.69) is 15.5 Å². The lowest BCUT2D eigenvalue weighted by molar-refractivity contribution is -0.132. The van der Waals surface area contributed by atoms with Crippen LogP contribution in [0.15, 0.2) is 24.3 Å². The van der Waals surface area contributed by atoms with Crippen LogP contribution in [0, 0.1) is 0 Å². The van der Waals surface area contributed by atoms with Crippen molar-refractivity contribution in [1.82, 2.24) is 15.5 Å². The zero-order chi connectivity index (χ0) is 16.5. The third-order valence-corrected chi connectivity index (χ3v) is 3.94. The highest BCUT2D eigenvalue weighted by Gasteiger charge is 2.14. The molecule has 1 fully saturated rings. The molecule has 0 aromatic heterocycles. The fourth-order valence-electron chi connectivity index (χ4n) is 2.47. The quantitative estimate of drug-likeness (QED) is 0.728. The highest BCUT2D eigenvalue weighted by molar-refractivity contribution is 5.85. The molecule has 1 aromatic carbocycles. The molecule has 0 aliphatic carbocycles. The van der Waals surface area contributed by atoms with Gasteiger partial charge in [0.2, 0.25) is 5.91 Å². The van der Waals surface area contributed by atoms with Gasteiger partial charge in [-0.2, -0.15) is 0 Å². The molecular formula is C17H28ClN3O3. The molecule has 1 saturated heterocycles. The number of ether oxygens (including phenoxy) is 2. The van der Waals surface area contributed by atoms with Gasteiger partial charge in [-0.1, -0.05) is 12.1 Å². The van der Waals surface area contributed by atoms with Gasteiger partial charge in [-0.3, -0.25) is 9.69 Å². The first-order chi connectivity index (χ1) is 11.2. The Hall–Kier alpha value is -1.34. The summed E-state index contributed by atoms with van der Waals surface area (Å²) in [5.41, 5.74) is 0.991. The van der Waals surface area contributed by atoms with Crippen molar-refractivity contribution in [1.29, 1.82) is 0 Å². The summed E-state index contributed by atoms with van der Waals surface area (Å²) >= 11 is 0. The topological polar surface area (TPSA) is 62.8 Å². The van der Waals surface area contributed by atoms with E-state index < -0.39 is 6.10 Å². The van der Waals surface area contributed by atoms with Gasteiger partial charge < -0.3 is 20.1 Å². The Balaban J connectivity index is 0.00000288. The zero-order valence-corrected chi connectivity index (χ0v) is 15.2. The number of rotatable bonds is 8. The minimum Gasteiger partial charge on any atom is -0.497 e. The van der Waals surface area contributed by atoms with E-state index in [0.29, 0.717) is 13.2 Å². The number of methoxy groups -OCH3 is 1. The van der Waals surface area contributed by atoms with Crippen LogP contribution in [-0.4, -0.2) is 63.3 Å². The van der Waals surface area contributed by atoms with E-state index >= 15 is 0 Å². The Morgan fingerprint density at radius 1 is 1.38 bits per heavy atom. The van der Waals surface area contributed by atoms with Gasteiger partial charge >= 0.3 is 0 Å². The minimum absolute atomic E-state index is 0. The third-order valence-electron chi connectivity index (χ3n) is 3.94. The second-order valence-corrected chi connectivity index (χ2v) is 5.69. The molecule has 2 N–H and O–H groups in total. The molecule has 1 amide bonds. The Kier molecular flexibility index (Phi) is 9.71. The third kappa shape index (κ3) is 7.05. The molecule has 6 nitrogen and oxygen atoms in total. The van der Waals surface area contributed by atoms with Crippen molar-refractivity contribution in [2.24, 2.45) is 0 Å². The van der Waals surface area contributed by atoms with E-state index in [4.69, 9.17) is 9.47 Å². The molecule has 0 saturated carbocycles. The van der Waals surface area contributed by atoms with Crippen LogP contribution in [0.4, 0.5) is 0 Å². The molecular weight excluding hydrogens is 330 g/mol. The normalized spacial score (nSPS) is 16.1. The summed E-state index contributed by atoms with van der Waals surface area (Å²) in [4.78, 5) is 14.4. The van der Waals surface area contributed by atoms with Crippen molar-refractivity contribution >= 4 is 18.3 Å². The first-order valence-corrected chi connectivity index (χ1v) is 8.14. The maximum Gasteiger partial charge on any atom is 0.248 e. The molecule has 7 heteroatoms. The van der Waals surface area contributed by atoms with Crippen LogP contribution in [0.5, 0.6) is 5.75 Å². The van der Waals surface area contributed by atoms with Crippen molar-refractivity contribution in [3.05, 3.63) is 29.8 Å². The summed E-state index contributed by atoms with van der Waals surface area (Å²) in [5.74, 6) is 0.724. The molecule has 1 unspecified atom stereocenters. The second-order valence-electron chi connectivity index (χ2n) is 5.69. The van der Waals surface area contributed by atoms with E-state index in [9.17, 15) is 4.79 Å². The monoisotopic (exact) mass is 357 g/mol. The SMILES string of the molecule is COc1cccc(COC(C)C(=O)NCCN2CCNCC2)c1.Cl. The molecule has 1 aliphatic heterocycles. The van der Waals surface area contributed by atoms with Gasteiger partial charge in [0.15, 0.2) is 0 Å². The first-order valence-electron chi connectivity index (χ1n) is 8.14. The van der Waals surface area contributed by atoms with Crippen LogP contribution in [0.25, 0.3) is 0 Å².